The van der Waals surface area contributed by atoms with Crippen molar-refractivity contribution in [1.82, 2.24) is 4.90 Å². The molecular formula is C23H19FN2O2. The molecule has 0 radical (unpaired) electrons. The molecule has 1 aliphatic carbocycles. The minimum absolute atomic E-state index is 0.0105. The van der Waals surface area contributed by atoms with E-state index in [0.717, 1.165) is 29.5 Å². The van der Waals surface area contributed by atoms with Crippen LogP contribution in [0.1, 0.15) is 35.4 Å². The molecule has 1 amide bonds. The highest BCUT2D eigenvalue weighted by atomic mass is 19.1. The number of hydrogen-bond acceptors (Lipinski definition) is 3. The third-order valence-corrected chi connectivity index (χ3v) is 5.40. The van der Waals surface area contributed by atoms with Crippen molar-refractivity contribution in [3.63, 3.8) is 0 Å². The third kappa shape index (κ3) is 3.38. The Morgan fingerprint density at radius 2 is 1.64 bits per heavy atom. The van der Waals surface area contributed by atoms with Crippen molar-refractivity contribution >= 4 is 5.91 Å². The molecule has 3 atom stereocenters. The topological polar surface area (TPSA) is 64.3 Å². The minimum atomic E-state index is -0.540. The summed E-state index contributed by atoms with van der Waals surface area (Å²) in [5, 5.41) is 19.3. The number of rotatable bonds is 3. The van der Waals surface area contributed by atoms with Gasteiger partial charge in [-0.05, 0) is 54.8 Å². The Morgan fingerprint density at radius 1 is 1.07 bits per heavy atom. The normalized spacial score (nSPS) is 23.2. The molecule has 0 aromatic heterocycles. The Bertz CT molecular complexity index is 978. The van der Waals surface area contributed by atoms with Gasteiger partial charge < -0.3 is 10.0 Å². The molecule has 2 aliphatic rings. The van der Waals surface area contributed by atoms with Gasteiger partial charge in [-0.15, -0.1) is 0 Å². The van der Waals surface area contributed by atoms with Gasteiger partial charge in [0.1, 0.15) is 11.9 Å². The lowest BCUT2D eigenvalue weighted by Gasteiger charge is -2.51. The number of amides is 1. The maximum Gasteiger partial charge on any atom is 0.227 e. The first kappa shape index (κ1) is 18.2. The van der Waals surface area contributed by atoms with E-state index in [1.54, 1.807) is 17.0 Å². The molecule has 5 heteroatoms. The highest BCUT2D eigenvalue weighted by Gasteiger charge is 2.53. The van der Waals surface area contributed by atoms with Gasteiger partial charge in [-0.1, -0.05) is 24.0 Å². The van der Waals surface area contributed by atoms with Gasteiger partial charge in [0.25, 0.3) is 0 Å². The van der Waals surface area contributed by atoms with E-state index in [-0.39, 0.29) is 36.2 Å². The summed E-state index contributed by atoms with van der Waals surface area (Å²) in [5.41, 5.74) is 2.44. The van der Waals surface area contributed by atoms with Crippen LogP contribution in [-0.4, -0.2) is 34.6 Å². The van der Waals surface area contributed by atoms with Crippen LogP contribution in [0.4, 0.5) is 4.39 Å². The first-order valence-corrected chi connectivity index (χ1v) is 9.32. The maximum absolute atomic E-state index is 12.9. The van der Waals surface area contributed by atoms with E-state index in [0.29, 0.717) is 0 Å². The van der Waals surface area contributed by atoms with Crippen LogP contribution in [0, 0.1) is 34.9 Å². The number of benzene rings is 2. The summed E-state index contributed by atoms with van der Waals surface area (Å²) >= 11 is 0. The Labute approximate surface area is 163 Å². The Balaban J connectivity index is 1.51. The molecule has 1 heterocycles. The SMILES string of the molecule is N#C[C@H]1[C@H](c2ccc(C#Cc3ccc(F)cc3)cc2)[C@H](CO)N1C(=O)C1CC1. The molecule has 1 saturated heterocycles. The second kappa shape index (κ2) is 7.46. The highest BCUT2D eigenvalue weighted by Crippen LogP contribution is 2.44. The molecule has 1 N–H and O–H groups in total. The summed E-state index contributed by atoms with van der Waals surface area (Å²) in [6, 6.07) is 14.8. The number of nitrogens with zero attached hydrogens (tertiary/aromatic N) is 2. The average molecular weight is 374 g/mol. The van der Waals surface area contributed by atoms with Crippen LogP contribution in [0.3, 0.4) is 0 Å². The number of halogens is 1. The monoisotopic (exact) mass is 374 g/mol. The van der Waals surface area contributed by atoms with Crippen molar-refractivity contribution < 1.29 is 14.3 Å². The molecule has 2 aromatic carbocycles. The number of likely N-dealkylation sites (tertiary alicyclic amines) is 1. The van der Waals surface area contributed by atoms with Crippen molar-refractivity contribution in [1.29, 1.82) is 5.26 Å². The van der Waals surface area contributed by atoms with Crippen molar-refractivity contribution in [2.24, 2.45) is 5.92 Å². The van der Waals surface area contributed by atoms with Gasteiger partial charge in [0, 0.05) is 23.0 Å². The largest absolute Gasteiger partial charge is 0.394 e. The van der Waals surface area contributed by atoms with Crippen LogP contribution < -0.4 is 0 Å². The van der Waals surface area contributed by atoms with Gasteiger partial charge in [0.05, 0.1) is 18.7 Å². The summed E-state index contributed by atoms with van der Waals surface area (Å²) in [6.45, 7) is -0.159. The predicted octanol–water partition coefficient (Wildman–Crippen LogP) is 2.81. The van der Waals surface area contributed by atoms with E-state index in [1.165, 1.54) is 12.1 Å². The van der Waals surface area contributed by atoms with Crippen LogP contribution in [0.15, 0.2) is 48.5 Å². The number of nitriles is 1. The number of aliphatic hydroxyl groups excluding tert-OH is 1. The fourth-order valence-corrected chi connectivity index (χ4v) is 3.72. The lowest BCUT2D eigenvalue weighted by Crippen LogP contribution is -2.65. The molecule has 0 spiro atoms. The van der Waals surface area contributed by atoms with Gasteiger partial charge >= 0.3 is 0 Å². The zero-order valence-corrected chi connectivity index (χ0v) is 15.2. The number of aliphatic hydroxyl groups is 1. The predicted molar refractivity (Wildman–Crippen MR) is 101 cm³/mol. The molecule has 2 fully saturated rings. The highest BCUT2D eigenvalue weighted by molar-refractivity contribution is 5.83. The summed E-state index contributed by atoms with van der Waals surface area (Å²) in [5.74, 6) is 5.53. The molecule has 2 aromatic rings. The molecule has 140 valence electrons. The quantitative estimate of drug-likeness (QED) is 0.841. The summed E-state index contributed by atoms with van der Waals surface area (Å²) in [6.07, 6.45) is 1.75. The van der Waals surface area contributed by atoms with Crippen LogP contribution in [0.2, 0.25) is 0 Å². The Morgan fingerprint density at radius 3 is 2.14 bits per heavy atom. The molecule has 0 unspecified atom stereocenters. The van der Waals surface area contributed by atoms with Crippen molar-refractivity contribution in [2.75, 3.05) is 6.61 Å². The molecule has 1 saturated carbocycles. The second-order valence-electron chi connectivity index (χ2n) is 7.25. The van der Waals surface area contributed by atoms with Gasteiger partial charge in [0.15, 0.2) is 0 Å². The fourth-order valence-electron chi connectivity index (χ4n) is 3.72. The molecule has 28 heavy (non-hydrogen) atoms. The van der Waals surface area contributed by atoms with E-state index in [2.05, 4.69) is 17.9 Å². The van der Waals surface area contributed by atoms with E-state index in [9.17, 15) is 19.6 Å². The van der Waals surface area contributed by atoms with Crippen molar-refractivity contribution in [2.45, 2.75) is 30.8 Å². The van der Waals surface area contributed by atoms with Crippen LogP contribution in [-0.2, 0) is 4.79 Å². The molecule has 4 rings (SSSR count). The minimum Gasteiger partial charge on any atom is -0.394 e. The van der Waals surface area contributed by atoms with Crippen LogP contribution >= 0.6 is 0 Å². The molecular weight excluding hydrogens is 355 g/mol. The van der Waals surface area contributed by atoms with Gasteiger partial charge in [0.2, 0.25) is 5.91 Å². The van der Waals surface area contributed by atoms with E-state index in [1.807, 2.05) is 24.3 Å². The third-order valence-electron chi connectivity index (χ3n) is 5.40. The molecule has 4 nitrogen and oxygen atoms in total. The molecule has 0 bridgehead atoms. The summed E-state index contributed by atoms with van der Waals surface area (Å²) < 4.78 is 12.9. The van der Waals surface area contributed by atoms with Gasteiger partial charge in [-0.25, -0.2) is 4.39 Å². The lowest BCUT2D eigenvalue weighted by molar-refractivity contribution is -0.148. The fraction of sp³-hybridized carbons (Fsp3) is 0.304. The van der Waals surface area contributed by atoms with Crippen LogP contribution in [0.25, 0.3) is 0 Å². The van der Waals surface area contributed by atoms with E-state index < -0.39 is 6.04 Å². The van der Waals surface area contributed by atoms with E-state index >= 15 is 0 Å². The second-order valence-corrected chi connectivity index (χ2v) is 7.25. The van der Waals surface area contributed by atoms with Gasteiger partial charge in [-0.3, -0.25) is 4.79 Å². The van der Waals surface area contributed by atoms with E-state index in [4.69, 9.17) is 0 Å². The number of carbonyl (C=O) groups is 1. The lowest BCUT2D eigenvalue weighted by atomic mass is 9.75. The summed E-state index contributed by atoms with van der Waals surface area (Å²) in [7, 11) is 0. The summed E-state index contributed by atoms with van der Waals surface area (Å²) in [4.78, 5) is 14.0. The number of hydrogen-bond donors (Lipinski definition) is 1. The van der Waals surface area contributed by atoms with Crippen molar-refractivity contribution in [3.05, 3.63) is 71.0 Å². The number of carbonyl (C=O) groups excluding carboxylic acids is 1. The molecule has 1 aliphatic heterocycles. The van der Waals surface area contributed by atoms with Crippen LogP contribution in [0.5, 0.6) is 0 Å². The Hall–Kier alpha value is -3.15. The maximum atomic E-state index is 12.9. The zero-order valence-electron chi connectivity index (χ0n) is 15.2. The average Bonchev–Trinajstić information content (AvgIpc) is 3.54. The van der Waals surface area contributed by atoms with Gasteiger partial charge in [-0.2, -0.15) is 5.26 Å². The smallest absolute Gasteiger partial charge is 0.227 e. The zero-order chi connectivity index (χ0) is 19.7. The van der Waals surface area contributed by atoms with Crippen molar-refractivity contribution in [3.8, 4) is 17.9 Å². The standard InChI is InChI=1S/C23H19FN2O2/c24-19-11-5-16(6-12-19)2-1-15-3-7-17(8-4-15)22-20(13-25)26(21(22)14-27)23(28)18-9-10-18/h3-8,11-12,18,20-22,27H,9-10,14H2/t20-,21-,22-/m0/s1. The first-order chi connectivity index (χ1) is 13.6. The first-order valence-electron chi connectivity index (χ1n) is 9.32. The Kier molecular flexibility index (Phi) is 4.86.